The molecule has 1 heterocycles. The van der Waals surface area contributed by atoms with Crippen molar-refractivity contribution < 1.29 is 4.79 Å². The van der Waals surface area contributed by atoms with E-state index >= 15 is 0 Å². The van der Waals surface area contributed by atoms with E-state index in [1.165, 1.54) is 0 Å². The lowest BCUT2D eigenvalue weighted by Gasteiger charge is -2.03. The van der Waals surface area contributed by atoms with E-state index in [1.54, 1.807) is 25.1 Å². The molecule has 0 aliphatic rings. The third kappa shape index (κ3) is 3.37. The van der Waals surface area contributed by atoms with Crippen LogP contribution in [0, 0.1) is 18.8 Å². The predicted octanol–water partition coefficient (Wildman–Crippen LogP) is 1.41. The first kappa shape index (κ1) is 13.2. The van der Waals surface area contributed by atoms with Gasteiger partial charge in [0, 0.05) is 17.1 Å². The minimum Gasteiger partial charge on any atom is -0.320 e. The maximum Gasteiger partial charge on any atom is 0.258 e. The van der Waals surface area contributed by atoms with Crippen LogP contribution >= 0.6 is 11.5 Å². The van der Waals surface area contributed by atoms with E-state index in [-0.39, 0.29) is 12.5 Å². The topological polar surface area (TPSA) is 80.9 Å². The van der Waals surface area contributed by atoms with Crippen molar-refractivity contribution in [2.75, 3.05) is 11.9 Å². The molecule has 0 bridgehead atoms. The summed E-state index contributed by atoms with van der Waals surface area (Å²) in [6.45, 7) is 2.03. The van der Waals surface area contributed by atoms with Crippen LogP contribution in [0.15, 0.2) is 24.3 Å². The van der Waals surface area contributed by atoms with Gasteiger partial charge in [-0.2, -0.15) is 4.37 Å². The third-order valence-electron chi connectivity index (χ3n) is 2.24. The normalized spacial score (nSPS) is 9.58. The molecule has 1 aromatic carbocycles. The molecule has 0 saturated carbocycles. The first-order valence-electron chi connectivity index (χ1n) is 5.60. The summed E-state index contributed by atoms with van der Waals surface area (Å²) in [5, 5.41) is 3.18. The molecule has 6 heteroatoms. The van der Waals surface area contributed by atoms with E-state index in [4.69, 9.17) is 5.73 Å². The van der Waals surface area contributed by atoms with Crippen LogP contribution in [0.25, 0.3) is 0 Å². The van der Waals surface area contributed by atoms with Crippen LogP contribution < -0.4 is 11.1 Å². The van der Waals surface area contributed by atoms with Gasteiger partial charge >= 0.3 is 0 Å². The minimum absolute atomic E-state index is 0.252. The Bertz CT molecular complexity index is 654. The molecule has 1 amide bonds. The number of nitrogens with one attached hydrogen (secondary N) is 1. The summed E-state index contributed by atoms with van der Waals surface area (Å²) >= 11 is 1.15. The molecule has 5 nitrogen and oxygen atoms in total. The zero-order valence-electron chi connectivity index (χ0n) is 10.3. The van der Waals surface area contributed by atoms with Crippen molar-refractivity contribution in [2.45, 2.75) is 6.92 Å². The van der Waals surface area contributed by atoms with Gasteiger partial charge in [-0.3, -0.25) is 10.1 Å². The second-order valence-electron chi connectivity index (χ2n) is 3.65. The summed E-state index contributed by atoms with van der Waals surface area (Å²) < 4.78 is 4.01. The van der Waals surface area contributed by atoms with Crippen molar-refractivity contribution in [1.82, 2.24) is 9.36 Å². The number of benzene rings is 1. The molecule has 0 atom stereocenters. The third-order valence-corrected chi connectivity index (χ3v) is 2.97. The lowest BCUT2D eigenvalue weighted by atomic mass is 10.1. The van der Waals surface area contributed by atoms with E-state index in [9.17, 15) is 4.79 Å². The van der Waals surface area contributed by atoms with Gasteiger partial charge in [0.15, 0.2) is 0 Å². The lowest BCUT2D eigenvalue weighted by Crippen LogP contribution is -2.13. The second-order valence-corrected chi connectivity index (χ2v) is 4.40. The van der Waals surface area contributed by atoms with Gasteiger partial charge in [0.05, 0.1) is 12.1 Å². The first-order valence-corrected chi connectivity index (χ1v) is 6.37. The van der Waals surface area contributed by atoms with E-state index in [0.29, 0.717) is 22.1 Å². The highest BCUT2D eigenvalue weighted by Gasteiger charge is 2.11. The molecule has 1 aromatic heterocycles. The monoisotopic (exact) mass is 272 g/mol. The van der Waals surface area contributed by atoms with E-state index in [0.717, 1.165) is 11.5 Å². The largest absolute Gasteiger partial charge is 0.320 e. The standard InChI is InChI=1S/C13H12N4OS/c1-9-15-13(19-17-9)16-12(18)11-7-3-2-5-10(11)6-4-8-14/h2-3,5,7H,8,14H2,1H3,(H,15,16,17,18). The average Bonchev–Trinajstić information content (AvgIpc) is 2.82. The van der Waals surface area contributed by atoms with Gasteiger partial charge in [-0.05, 0) is 19.1 Å². The van der Waals surface area contributed by atoms with Crippen LogP contribution in [0.3, 0.4) is 0 Å². The highest BCUT2D eigenvalue weighted by Crippen LogP contribution is 2.14. The number of aryl methyl sites for hydroxylation is 1. The zero-order valence-corrected chi connectivity index (χ0v) is 11.1. The van der Waals surface area contributed by atoms with Crippen molar-refractivity contribution in [2.24, 2.45) is 5.73 Å². The fourth-order valence-corrected chi connectivity index (χ4v) is 2.02. The van der Waals surface area contributed by atoms with Crippen molar-refractivity contribution in [1.29, 1.82) is 0 Å². The number of nitrogens with two attached hydrogens (primary N) is 1. The molecule has 0 radical (unpaired) electrons. The van der Waals surface area contributed by atoms with Crippen LogP contribution in [-0.2, 0) is 0 Å². The Morgan fingerprint density at radius 1 is 1.47 bits per heavy atom. The Morgan fingerprint density at radius 3 is 2.95 bits per heavy atom. The van der Waals surface area contributed by atoms with Gasteiger partial charge in [-0.25, -0.2) is 4.98 Å². The van der Waals surface area contributed by atoms with Crippen LogP contribution in [0.1, 0.15) is 21.7 Å². The molecule has 2 aromatic rings. The van der Waals surface area contributed by atoms with Gasteiger partial charge in [-0.15, -0.1) is 0 Å². The number of amides is 1. The number of carbonyl (C=O) groups is 1. The minimum atomic E-state index is -0.252. The number of hydrogen-bond donors (Lipinski definition) is 2. The molecule has 19 heavy (non-hydrogen) atoms. The molecule has 2 rings (SSSR count). The molecule has 0 unspecified atom stereocenters. The van der Waals surface area contributed by atoms with Gasteiger partial charge in [-0.1, -0.05) is 24.0 Å². The number of anilines is 1. The summed E-state index contributed by atoms with van der Waals surface area (Å²) in [6.07, 6.45) is 0. The molecular formula is C13H12N4OS. The van der Waals surface area contributed by atoms with E-state index in [2.05, 4.69) is 26.5 Å². The van der Waals surface area contributed by atoms with Crippen molar-refractivity contribution in [3.05, 3.63) is 41.2 Å². The fourth-order valence-electron chi connectivity index (χ4n) is 1.45. The predicted molar refractivity (Wildman–Crippen MR) is 75.0 cm³/mol. The molecule has 0 saturated heterocycles. The number of aromatic nitrogens is 2. The average molecular weight is 272 g/mol. The van der Waals surface area contributed by atoms with Gasteiger partial charge in [0.1, 0.15) is 5.82 Å². The number of rotatable bonds is 2. The van der Waals surface area contributed by atoms with Crippen molar-refractivity contribution in [3.8, 4) is 11.8 Å². The molecular weight excluding hydrogens is 260 g/mol. The molecule has 0 fully saturated rings. The summed E-state index contributed by atoms with van der Waals surface area (Å²) in [6, 6.07) is 7.10. The quantitative estimate of drug-likeness (QED) is 0.810. The zero-order chi connectivity index (χ0) is 13.7. The molecule has 0 spiro atoms. The Balaban J connectivity index is 2.23. The summed E-state index contributed by atoms with van der Waals surface area (Å²) in [5.74, 6) is 6.00. The van der Waals surface area contributed by atoms with Crippen LogP contribution in [-0.4, -0.2) is 21.8 Å². The summed E-state index contributed by atoms with van der Waals surface area (Å²) in [5.41, 5.74) is 6.48. The van der Waals surface area contributed by atoms with E-state index in [1.807, 2.05) is 6.07 Å². The highest BCUT2D eigenvalue weighted by molar-refractivity contribution is 7.09. The number of nitrogens with zero attached hydrogens (tertiary/aromatic N) is 2. The summed E-state index contributed by atoms with van der Waals surface area (Å²) in [7, 11) is 0. The molecule has 0 aliphatic carbocycles. The Labute approximate surface area is 115 Å². The van der Waals surface area contributed by atoms with Crippen LogP contribution in [0.2, 0.25) is 0 Å². The van der Waals surface area contributed by atoms with Gasteiger partial charge in [0.2, 0.25) is 5.13 Å². The Morgan fingerprint density at radius 2 is 2.26 bits per heavy atom. The highest BCUT2D eigenvalue weighted by atomic mass is 32.1. The van der Waals surface area contributed by atoms with Crippen LogP contribution in [0.5, 0.6) is 0 Å². The molecule has 96 valence electrons. The Hall–Kier alpha value is -2.23. The number of carbonyl (C=O) groups excluding carboxylic acids is 1. The Kier molecular flexibility index (Phi) is 4.23. The smallest absolute Gasteiger partial charge is 0.258 e. The SMILES string of the molecule is Cc1nsc(NC(=O)c2ccccc2C#CCN)n1. The summed E-state index contributed by atoms with van der Waals surface area (Å²) in [4.78, 5) is 16.2. The first-order chi connectivity index (χ1) is 9.20. The maximum absolute atomic E-state index is 12.1. The van der Waals surface area contributed by atoms with Crippen molar-refractivity contribution in [3.63, 3.8) is 0 Å². The van der Waals surface area contributed by atoms with Crippen LogP contribution in [0.4, 0.5) is 5.13 Å². The lowest BCUT2D eigenvalue weighted by molar-refractivity contribution is 0.102. The van der Waals surface area contributed by atoms with E-state index < -0.39 is 0 Å². The van der Waals surface area contributed by atoms with Gasteiger partial charge in [0.25, 0.3) is 5.91 Å². The van der Waals surface area contributed by atoms with Crippen molar-refractivity contribution >= 4 is 22.6 Å². The molecule has 0 aliphatic heterocycles. The molecule has 3 N–H and O–H groups in total. The van der Waals surface area contributed by atoms with Gasteiger partial charge < -0.3 is 5.73 Å². The fraction of sp³-hybridized carbons (Fsp3) is 0.154. The maximum atomic E-state index is 12.1. The number of hydrogen-bond acceptors (Lipinski definition) is 5. The second kappa shape index (κ2) is 6.09.